The van der Waals surface area contributed by atoms with Crippen LogP contribution in [0.5, 0.6) is 0 Å². The van der Waals surface area contributed by atoms with Gasteiger partial charge in [0, 0.05) is 0 Å². The smallest absolute Gasteiger partial charge is 0.0967 e. The number of nitriles is 1. The van der Waals surface area contributed by atoms with Gasteiger partial charge in [-0.3, -0.25) is 0 Å². The maximum Gasteiger partial charge on any atom is 0.0967 e. The van der Waals surface area contributed by atoms with Crippen molar-refractivity contribution in [3.63, 3.8) is 0 Å². The topological polar surface area (TPSA) is 23.8 Å². The summed E-state index contributed by atoms with van der Waals surface area (Å²) in [6, 6.07) is 2.18. The van der Waals surface area contributed by atoms with E-state index in [4.69, 9.17) is 5.26 Å². The van der Waals surface area contributed by atoms with Crippen LogP contribution in [0.2, 0.25) is 0 Å². The molecular weight excluding hydrogens is 154 g/mol. The number of rotatable bonds is 5. The van der Waals surface area contributed by atoms with Gasteiger partial charge in [-0.25, -0.2) is 0 Å². The van der Waals surface area contributed by atoms with Crippen molar-refractivity contribution in [2.24, 2.45) is 0 Å². The molecule has 0 aliphatic carbocycles. The van der Waals surface area contributed by atoms with E-state index >= 15 is 0 Å². The standard InChI is InChI=1S/C9H17NS/c1-3-4-5-6-7-9(2,11)8-10/h11H,3-7H2,1-2H3. The van der Waals surface area contributed by atoms with Gasteiger partial charge >= 0.3 is 0 Å². The van der Waals surface area contributed by atoms with Crippen LogP contribution < -0.4 is 0 Å². The third-order valence-electron chi connectivity index (χ3n) is 1.76. The first kappa shape index (κ1) is 10.8. The summed E-state index contributed by atoms with van der Waals surface area (Å²) >= 11 is 4.23. The molecule has 0 saturated heterocycles. The fourth-order valence-electron chi connectivity index (χ4n) is 0.952. The zero-order chi connectivity index (χ0) is 8.74. The molecule has 0 radical (unpaired) electrons. The van der Waals surface area contributed by atoms with Crippen molar-refractivity contribution < 1.29 is 0 Å². The molecule has 11 heavy (non-hydrogen) atoms. The van der Waals surface area contributed by atoms with Gasteiger partial charge in [-0.15, -0.1) is 0 Å². The zero-order valence-corrected chi connectivity index (χ0v) is 8.32. The molecule has 64 valence electrons. The SMILES string of the molecule is CCCCCCC(C)(S)C#N. The summed E-state index contributed by atoms with van der Waals surface area (Å²) in [5, 5.41) is 8.62. The average molecular weight is 171 g/mol. The highest BCUT2D eigenvalue weighted by Crippen LogP contribution is 2.20. The second-order valence-electron chi connectivity index (χ2n) is 3.20. The molecule has 0 aromatic rings. The monoisotopic (exact) mass is 171 g/mol. The minimum Gasteiger partial charge on any atom is -0.197 e. The minimum absolute atomic E-state index is 0.409. The Bertz CT molecular complexity index is 135. The molecule has 0 bridgehead atoms. The predicted molar refractivity (Wildman–Crippen MR) is 51.8 cm³/mol. The van der Waals surface area contributed by atoms with Crippen molar-refractivity contribution in [2.75, 3.05) is 0 Å². The van der Waals surface area contributed by atoms with Gasteiger partial charge in [0.25, 0.3) is 0 Å². The van der Waals surface area contributed by atoms with Gasteiger partial charge < -0.3 is 0 Å². The second-order valence-corrected chi connectivity index (χ2v) is 4.18. The van der Waals surface area contributed by atoms with E-state index in [-0.39, 0.29) is 0 Å². The first-order chi connectivity index (χ1) is 5.12. The van der Waals surface area contributed by atoms with Crippen molar-refractivity contribution in [2.45, 2.75) is 50.7 Å². The summed E-state index contributed by atoms with van der Waals surface area (Å²) in [5.74, 6) is 0. The predicted octanol–water partition coefficient (Wildman–Crippen LogP) is 3.17. The van der Waals surface area contributed by atoms with Crippen LogP contribution in [0.25, 0.3) is 0 Å². The Labute approximate surface area is 75.2 Å². The van der Waals surface area contributed by atoms with E-state index < -0.39 is 4.75 Å². The fraction of sp³-hybridized carbons (Fsp3) is 0.889. The maximum absolute atomic E-state index is 8.62. The lowest BCUT2D eigenvalue weighted by Crippen LogP contribution is -2.12. The molecule has 0 amide bonds. The first-order valence-corrected chi connectivity index (χ1v) is 4.71. The van der Waals surface area contributed by atoms with Gasteiger partial charge in [-0.2, -0.15) is 17.9 Å². The molecule has 0 aliphatic rings. The highest BCUT2D eigenvalue weighted by molar-refractivity contribution is 7.82. The Hall–Kier alpha value is -0.160. The quantitative estimate of drug-likeness (QED) is 0.498. The Balaban J connectivity index is 3.32. The van der Waals surface area contributed by atoms with Gasteiger partial charge in [-0.1, -0.05) is 32.6 Å². The normalized spacial score (nSPS) is 15.5. The molecule has 0 N–H and O–H groups in total. The molecule has 0 aromatic carbocycles. The molecule has 0 spiro atoms. The van der Waals surface area contributed by atoms with E-state index in [1.165, 1.54) is 19.3 Å². The summed E-state index contributed by atoms with van der Waals surface area (Å²) in [5.41, 5.74) is 0. The van der Waals surface area contributed by atoms with Crippen molar-refractivity contribution in [3.05, 3.63) is 0 Å². The van der Waals surface area contributed by atoms with Gasteiger partial charge in [0.2, 0.25) is 0 Å². The number of hydrogen-bond donors (Lipinski definition) is 1. The molecule has 1 atom stereocenters. The summed E-state index contributed by atoms with van der Waals surface area (Å²) in [6.07, 6.45) is 5.79. The first-order valence-electron chi connectivity index (χ1n) is 4.26. The van der Waals surface area contributed by atoms with Crippen LogP contribution in [-0.4, -0.2) is 4.75 Å². The van der Waals surface area contributed by atoms with Crippen LogP contribution in [0.1, 0.15) is 46.0 Å². The molecular formula is C9H17NS. The number of thiol groups is 1. The molecule has 0 aliphatic heterocycles. The summed E-state index contributed by atoms with van der Waals surface area (Å²) in [4.78, 5) is 0. The molecule has 0 aromatic heterocycles. The summed E-state index contributed by atoms with van der Waals surface area (Å²) in [7, 11) is 0. The van der Waals surface area contributed by atoms with Crippen molar-refractivity contribution >= 4 is 12.6 Å². The number of nitrogens with zero attached hydrogens (tertiary/aromatic N) is 1. The molecule has 0 heterocycles. The lowest BCUT2D eigenvalue weighted by molar-refractivity contribution is 0.595. The van der Waals surface area contributed by atoms with Crippen molar-refractivity contribution in [1.82, 2.24) is 0 Å². The van der Waals surface area contributed by atoms with Gasteiger partial charge in [-0.05, 0) is 13.3 Å². The van der Waals surface area contributed by atoms with E-state index in [0.717, 1.165) is 12.8 Å². The molecule has 1 unspecified atom stereocenters. The molecule has 1 nitrogen and oxygen atoms in total. The average Bonchev–Trinajstić information content (AvgIpc) is 1.99. The highest BCUT2D eigenvalue weighted by atomic mass is 32.1. The second kappa shape index (κ2) is 5.49. The Kier molecular flexibility index (Phi) is 5.41. The van der Waals surface area contributed by atoms with E-state index in [0.29, 0.717) is 0 Å². The van der Waals surface area contributed by atoms with E-state index in [1.807, 2.05) is 6.92 Å². The lowest BCUT2D eigenvalue weighted by Gasteiger charge is -2.12. The fourth-order valence-corrected chi connectivity index (χ4v) is 1.11. The van der Waals surface area contributed by atoms with Crippen LogP contribution in [0.3, 0.4) is 0 Å². The van der Waals surface area contributed by atoms with Crippen LogP contribution in [0.4, 0.5) is 0 Å². The highest BCUT2D eigenvalue weighted by Gasteiger charge is 2.16. The van der Waals surface area contributed by atoms with Crippen LogP contribution in [-0.2, 0) is 0 Å². The Morgan fingerprint density at radius 3 is 2.45 bits per heavy atom. The maximum atomic E-state index is 8.62. The zero-order valence-electron chi connectivity index (χ0n) is 7.43. The van der Waals surface area contributed by atoms with Crippen LogP contribution in [0.15, 0.2) is 0 Å². The summed E-state index contributed by atoms with van der Waals surface area (Å²) in [6.45, 7) is 4.06. The van der Waals surface area contributed by atoms with E-state index in [9.17, 15) is 0 Å². The number of unbranched alkanes of at least 4 members (excludes halogenated alkanes) is 3. The van der Waals surface area contributed by atoms with E-state index in [2.05, 4.69) is 25.6 Å². The van der Waals surface area contributed by atoms with Crippen molar-refractivity contribution in [3.8, 4) is 6.07 Å². The van der Waals surface area contributed by atoms with Crippen molar-refractivity contribution in [1.29, 1.82) is 5.26 Å². The van der Waals surface area contributed by atoms with Gasteiger partial charge in [0.15, 0.2) is 0 Å². The molecule has 0 saturated carbocycles. The Morgan fingerprint density at radius 2 is 2.00 bits per heavy atom. The summed E-state index contributed by atoms with van der Waals surface area (Å²) < 4.78 is -0.409. The van der Waals surface area contributed by atoms with E-state index in [1.54, 1.807) is 0 Å². The third kappa shape index (κ3) is 6.25. The molecule has 0 fully saturated rings. The number of hydrogen-bond acceptors (Lipinski definition) is 2. The lowest BCUT2D eigenvalue weighted by atomic mass is 10.0. The van der Waals surface area contributed by atoms with Gasteiger partial charge in [0.05, 0.1) is 10.8 Å². The molecule has 2 heteroatoms. The van der Waals surface area contributed by atoms with Crippen LogP contribution in [0, 0.1) is 11.3 Å². The van der Waals surface area contributed by atoms with Crippen LogP contribution >= 0.6 is 12.6 Å². The third-order valence-corrected chi connectivity index (χ3v) is 2.08. The van der Waals surface area contributed by atoms with Gasteiger partial charge in [0.1, 0.15) is 0 Å². The Morgan fingerprint density at radius 1 is 1.36 bits per heavy atom. The minimum atomic E-state index is -0.409. The molecule has 0 rings (SSSR count). The largest absolute Gasteiger partial charge is 0.197 e.